The molecular weight excluding hydrogens is 400 g/mol. The molecule has 1 heterocycles. The molecule has 1 unspecified atom stereocenters. The maximum atomic E-state index is 13.4. The fourth-order valence-electron chi connectivity index (χ4n) is 3.76. The zero-order chi connectivity index (χ0) is 22.7. The molecule has 0 saturated heterocycles. The third-order valence-corrected chi connectivity index (χ3v) is 5.01. The number of imide groups is 1. The van der Waals surface area contributed by atoms with Crippen molar-refractivity contribution < 1.29 is 29.0 Å². The largest absolute Gasteiger partial charge is 0.493 e. The van der Waals surface area contributed by atoms with Gasteiger partial charge in [-0.2, -0.15) is 0 Å². The van der Waals surface area contributed by atoms with Crippen molar-refractivity contribution in [2.75, 3.05) is 19.0 Å². The van der Waals surface area contributed by atoms with Crippen LogP contribution in [-0.2, 0) is 4.79 Å². The fraction of sp³-hybridized carbons (Fsp3) is 0.348. The monoisotopic (exact) mass is 426 g/mol. The van der Waals surface area contributed by atoms with E-state index in [2.05, 4.69) is 5.32 Å². The van der Waals surface area contributed by atoms with Crippen molar-refractivity contribution in [3.05, 3.63) is 53.1 Å². The first kappa shape index (κ1) is 22.3. The van der Waals surface area contributed by atoms with E-state index in [0.717, 1.165) is 4.90 Å². The molecule has 0 aliphatic carbocycles. The van der Waals surface area contributed by atoms with E-state index in [1.807, 2.05) is 6.92 Å². The highest BCUT2D eigenvalue weighted by atomic mass is 16.5. The summed E-state index contributed by atoms with van der Waals surface area (Å²) >= 11 is 0. The Morgan fingerprint density at radius 2 is 1.90 bits per heavy atom. The highest BCUT2D eigenvalue weighted by molar-refractivity contribution is 6.24. The van der Waals surface area contributed by atoms with Gasteiger partial charge in [-0.15, -0.1) is 0 Å². The Morgan fingerprint density at radius 1 is 1.16 bits per heavy atom. The van der Waals surface area contributed by atoms with Crippen molar-refractivity contribution in [1.29, 1.82) is 0 Å². The number of benzene rings is 2. The van der Waals surface area contributed by atoms with Gasteiger partial charge < -0.3 is 19.9 Å². The van der Waals surface area contributed by atoms with Crippen LogP contribution < -0.4 is 14.8 Å². The SMILES string of the molecule is CCOc1cc([C@@H](CC(C)O)N2C(=O)c3cccc(NC(C)=O)c3C2=O)ccc1OC. The normalized spacial score (nSPS) is 14.8. The molecule has 0 fully saturated rings. The van der Waals surface area contributed by atoms with Gasteiger partial charge in [0.05, 0.1) is 42.7 Å². The molecule has 1 aliphatic rings. The van der Waals surface area contributed by atoms with Crippen LogP contribution in [0.1, 0.15) is 59.5 Å². The summed E-state index contributed by atoms with van der Waals surface area (Å²) in [6.45, 7) is 5.18. The summed E-state index contributed by atoms with van der Waals surface area (Å²) in [6.07, 6.45) is -0.638. The van der Waals surface area contributed by atoms with Crippen LogP contribution in [0.4, 0.5) is 5.69 Å². The van der Waals surface area contributed by atoms with E-state index in [9.17, 15) is 19.5 Å². The van der Waals surface area contributed by atoms with E-state index < -0.39 is 24.0 Å². The number of aliphatic hydroxyl groups is 1. The number of hydrogen-bond donors (Lipinski definition) is 2. The minimum atomic E-state index is -0.776. The smallest absolute Gasteiger partial charge is 0.264 e. The molecule has 8 nitrogen and oxygen atoms in total. The molecule has 3 amide bonds. The van der Waals surface area contributed by atoms with Crippen LogP contribution in [-0.4, -0.2) is 47.5 Å². The Labute approximate surface area is 180 Å². The first-order valence-corrected chi connectivity index (χ1v) is 10.1. The molecule has 1 aliphatic heterocycles. The zero-order valence-corrected chi connectivity index (χ0v) is 18.0. The number of amides is 3. The van der Waals surface area contributed by atoms with Crippen LogP contribution in [0.3, 0.4) is 0 Å². The van der Waals surface area contributed by atoms with Crippen LogP contribution in [0, 0.1) is 0 Å². The molecule has 0 saturated carbocycles. The van der Waals surface area contributed by atoms with Crippen molar-refractivity contribution in [3.63, 3.8) is 0 Å². The Bertz CT molecular complexity index is 1020. The lowest BCUT2D eigenvalue weighted by atomic mass is 9.98. The van der Waals surface area contributed by atoms with Crippen molar-refractivity contribution in [2.24, 2.45) is 0 Å². The van der Waals surface area contributed by atoms with Gasteiger partial charge >= 0.3 is 0 Å². The summed E-state index contributed by atoms with van der Waals surface area (Å²) in [5.41, 5.74) is 1.27. The lowest BCUT2D eigenvalue weighted by Crippen LogP contribution is -2.35. The van der Waals surface area contributed by atoms with Crippen molar-refractivity contribution in [3.8, 4) is 11.5 Å². The second-order valence-corrected chi connectivity index (χ2v) is 7.33. The highest BCUT2D eigenvalue weighted by Gasteiger charge is 2.42. The first-order valence-electron chi connectivity index (χ1n) is 10.1. The number of rotatable bonds is 8. The van der Waals surface area contributed by atoms with E-state index in [0.29, 0.717) is 23.7 Å². The molecular formula is C23H26N2O6. The molecule has 8 heteroatoms. The summed E-state index contributed by atoms with van der Waals surface area (Å²) in [6, 6.07) is 9.18. The van der Waals surface area contributed by atoms with Gasteiger partial charge in [0.1, 0.15) is 0 Å². The number of aliphatic hydroxyl groups excluding tert-OH is 1. The minimum Gasteiger partial charge on any atom is -0.493 e. The van der Waals surface area contributed by atoms with Gasteiger partial charge in [0.15, 0.2) is 11.5 Å². The number of carbonyl (C=O) groups is 3. The third-order valence-electron chi connectivity index (χ3n) is 5.01. The van der Waals surface area contributed by atoms with Crippen LogP contribution >= 0.6 is 0 Å². The molecule has 2 aromatic carbocycles. The van der Waals surface area contributed by atoms with Gasteiger partial charge in [-0.1, -0.05) is 12.1 Å². The lowest BCUT2D eigenvalue weighted by molar-refractivity contribution is -0.114. The molecule has 0 aromatic heterocycles. The number of carbonyl (C=O) groups excluding carboxylic acids is 3. The Hall–Kier alpha value is -3.39. The number of fused-ring (bicyclic) bond motifs is 1. The van der Waals surface area contributed by atoms with Crippen molar-refractivity contribution >= 4 is 23.4 Å². The van der Waals surface area contributed by atoms with E-state index in [1.54, 1.807) is 43.3 Å². The van der Waals surface area contributed by atoms with Crippen LogP contribution in [0.25, 0.3) is 0 Å². The Balaban J connectivity index is 2.08. The number of hydrogen-bond acceptors (Lipinski definition) is 6. The summed E-state index contributed by atoms with van der Waals surface area (Å²) in [5, 5.41) is 12.7. The maximum absolute atomic E-state index is 13.4. The molecule has 31 heavy (non-hydrogen) atoms. The molecule has 2 N–H and O–H groups in total. The van der Waals surface area contributed by atoms with Gasteiger partial charge in [0.2, 0.25) is 5.91 Å². The Morgan fingerprint density at radius 3 is 2.52 bits per heavy atom. The van der Waals surface area contributed by atoms with Crippen LogP contribution in [0.15, 0.2) is 36.4 Å². The molecule has 0 bridgehead atoms. The van der Waals surface area contributed by atoms with Crippen LogP contribution in [0.5, 0.6) is 11.5 Å². The minimum absolute atomic E-state index is 0.138. The lowest BCUT2D eigenvalue weighted by Gasteiger charge is -2.28. The van der Waals surface area contributed by atoms with Gasteiger partial charge in [0.25, 0.3) is 11.8 Å². The van der Waals surface area contributed by atoms with E-state index in [1.165, 1.54) is 14.0 Å². The number of nitrogens with one attached hydrogen (secondary N) is 1. The summed E-state index contributed by atoms with van der Waals surface area (Å²) in [5.74, 6) is -0.343. The quantitative estimate of drug-likeness (QED) is 0.628. The summed E-state index contributed by atoms with van der Waals surface area (Å²) in [4.78, 5) is 39.3. The first-order chi connectivity index (χ1) is 14.8. The zero-order valence-electron chi connectivity index (χ0n) is 18.0. The second kappa shape index (κ2) is 9.18. The summed E-state index contributed by atoms with van der Waals surface area (Å²) in [7, 11) is 1.53. The topological polar surface area (TPSA) is 105 Å². The van der Waals surface area contributed by atoms with Gasteiger partial charge in [-0.3, -0.25) is 19.3 Å². The number of anilines is 1. The molecule has 3 rings (SSSR count). The van der Waals surface area contributed by atoms with Gasteiger partial charge in [-0.25, -0.2) is 0 Å². The van der Waals surface area contributed by atoms with E-state index in [4.69, 9.17) is 9.47 Å². The number of nitrogens with zero attached hydrogens (tertiary/aromatic N) is 1. The molecule has 164 valence electrons. The molecule has 2 aromatic rings. The predicted molar refractivity (Wildman–Crippen MR) is 114 cm³/mol. The summed E-state index contributed by atoms with van der Waals surface area (Å²) < 4.78 is 11.0. The van der Waals surface area contributed by atoms with Gasteiger partial charge in [-0.05, 0) is 50.1 Å². The average molecular weight is 426 g/mol. The van der Waals surface area contributed by atoms with Crippen molar-refractivity contribution in [2.45, 2.75) is 39.3 Å². The van der Waals surface area contributed by atoms with Crippen molar-refractivity contribution in [1.82, 2.24) is 4.90 Å². The Kier molecular flexibility index (Phi) is 6.60. The van der Waals surface area contributed by atoms with E-state index >= 15 is 0 Å². The third kappa shape index (κ3) is 4.39. The second-order valence-electron chi connectivity index (χ2n) is 7.33. The molecule has 2 atom stereocenters. The fourth-order valence-corrected chi connectivity index (χ4v) is 3.76. The maximum Gasteiger partial charge on any atom is 0.264 e. The number of ether oxygens (including phenoxy) is 2. The molecule has 0 spiro atoms. The van der Waals surface area contributed by atoms with Crippen LogP contribution in [0.2, 0.25) is 0 Å². The predicted octanol–water partition coefficient (Wildman–Crippen LogP) is 3.16. The molecule has 0 radical (unpaired) electrons. The standard InChI is InChI=1S/C23H26N2O6/c1-5-31-20-12-15(9-10-19(20)30-4)18(11-13(2)26)25-22(28)16-7-6-8-17(24-14(3)27)21(16)23(25)29/h6-10,12-13,18,26H,5,11H2,1-4H3,(H,24,27)/t13?,18-/m1/s1. The number of methoxy groups -OCH3 is 1. The van der Waals surface area contributed by atoms with Gasteiger partial charge in [0, 0.05) is 6.92 Å². The van der Waals surface area contributed by atoms with E-state index in [-0.39, 0.29) is 29.1 Å². The average Bonchev–Trinajstić information content (AvgIpc) is 2.97. The highest BCUT2D eigenvalue weighted by Crippen LogP contribution is 2.39.